The van der Waals surface area contributed by atoms with E-state index < -0.39 is 10.0 Å². The van der Waals surface area contributed by atoms with Crippen LogP contribution >= 0.6 is 0 Å². The van der Waals surface area contributed by atoms with Crippen LogP contribution in [0.4, 0.5) is 0 Å². The summed E-state index contributed by atoms with van der Waals surface area (Å²) < 4.78 is 32.2. The number of sulfonamides is 1. The minimum Gasteiger partial charge on any atom is -0.360 e. The summed E-state index contributed by atoms with van der Waals surface area (Å²) in [7, 11) is -3.59. The van der Waals surface area contributed by atoms with Crippen molar-refractivity contribution in [3.8, 4) is 0 Å². The van der Waals surface area contributed by atoms with Gasteiger partial charge in [0.2, 0.25) is 15.9 Å². The fourth-order valence-electron chi connectivity index (χ4n) is 4.15. The number of aryl methyl sites for hydroxylation is 2. The molecule has 0 spiro atoms. The molecule has 156 valence electrons. The van der Waals surface area contributed by atoms with Gasteiger partial charge in [-0.15, -0.1) is 0 Å². The van der Waals surface area contributed by atoms with Crippen LogP contribution in [0.15, 0.2) is 21.1 Å². The maximum absolute atomic E-state index is 12.9. The first kappa shape index (κ1) is 21.0. The van der Waals surface area contributed by atoms with Gasteiger partial charge < -0.3 is 9.84 Å². The van der Waals surface area contributed by atoms with Crippen molar-refractivity contribution in [1.29, 1.82) is 0 Å². The van der Waals surface area contributed by atoms with Gasteiger partial charge in [0.25, 0.3) is 0 Å². The maximum atomic E-state index is 12.9. The minimum absolute atomic E-state index is 0.0726. The predicted octanol–water partition coefficient (Wildman–Crippen LogP) is 3.09. The summed E-state index contributed by atoms with van der Waals surface area (Å²) in [5.41, 5.74) is 1.86. The Morgan fingerprint density at radius 3 is 2.64 bits per heavy atom. The van der Waals surface area contributed by atoms with Crippen molar-refractivity contribution in [3.05, 3.63) is 23.1 Å². The smallest absolute Gasteiger partial charge is 0.248 e. The molecule has 1 N–H and O–H groups in total. The lowest BCUT2D eigenvalue weighted by Gasteiger charge is -2.30. The highest BCUT2D eigenvalue weighted by Crippen LogP contribution is 2.28. The highest BCUT2D eigenvalue weighted by atomic mass is 32.2. The molecule has 8 heteroatoms. The van der Waals surface area contributed by atoms with Gasteiger partial charge in [0.1, 0.15) is 10.6 Å². The number of amides is 1. The summed E-state index contributed by atoms with van der Waals surface area (Å²) in [6, 6.07) is 0. The Balaban J connectivity index is 1.43. The van der Waals surface area contributed by atoms with E-state index in [4.69, 9.17) is 4.52 Å². The highest BCUT2D eigenvalue weighted by molar-refractivity contribution is 7.89. The van der Waals surface area contributed by atoms with Gasteiger partial charge in [-0.05, 0) is 64.7 Å². The van der Waals surface area contributed by atoms with Crippen LogP contribution in [-0.4, -0.2) is 43.4 Å². The molecule has 2 heterocycles. The van der Waals surface area contributed by atoms with Crippen molar-refractivity contribution in [2.24, 2.45) is 5.92 Å². The largest absolute Gasteiger partial charge is 0.360 e. The van der Waals surface area contributed by atoms with Crippen molar-refractivity contribution < 1.29 is 17.7 Å². The molecule has 2 aliphatic rings. The lowest BCUT2D eigenvalue weighted by Crippen LogP contribution is -2.40. The number of hydrogen-bond donors (Lipinski definition) is 1. The Morgan fingerprint density at radius 1 is 1.29 bits per heavy atom. The summed E-state index contributed by atoms with van der Waals surface area (Å²) in [6.07, 6.45) is 9.98. The fourth-order valence-corrected chi connectivity index (χ4v) is 5.92. The molecule has 3 rings (SSSR count). The second-order valence-corrected chi connectivity index (χ2v) is 9.79. The van der Waals surface area contributed by atoms with Crippen LogP contribution in [0.2, 0.25) is 0 Å². The van der Waals surface area contributed by atoms with Crippen molar-refractivity contribution in [1.82, 2.24) is 14.8 Å². The number of allylic oxidation sites excluding steroid dienone is 1. The zero-order chi connectivity index (χ0) is 20.1. The maximum Gasteiger partial charge on any atom is 0.248 e. The molecule has 1 aromatic rings. The molecule has 0 radical (unpaired) electrons. The highest BCUT2D eigenvalue weighted by Gasteiger charge is 2.34. The molecule has 0 atom stereocenters. The number of nitrogens with zero attached hydrogens (tertiary/aromatic N) is 2. The third-order valence-corrected chi connectivity index (χ3v) is 7.91. The standard InChI is InChI=1S/C20H31N3O4S/c1-15-20(16(2)27-22-15)28(25,26)23-12-9-18(10-13-23)14-19(24)21-11-8-17-6-4-3-5-7-17/h6,18H,3-5,7-14H2,1-2H3,(H,21,24). The molecule has 1 fully saturated rings. The van der Waals surface area contributed by atoms with Gasteiger partial charge in [0, 0.05) is 26.1 Å². The van der Waals surface area contributed by atoms with Crippen LogP contribution < -0.4 is 5.32 Å². The van der Waals surface area contributed by atoms with Gasteiger partial charge in [-0.2, -0.15) is 4.31 Å². The van der Waals surface area contributed by atoms with Gasteiger partial charge in [-0.1, -0.05) is 16.8 Å². The molecule has 1 saturated heterocycles. The molecular weight excluding hydrogens is 378 g/mol. The molecular formula is C20H31N3O4S. The van der Waals surface area contributed by atoms with E-state index in [1.54, 1.807) is 13.8 Å². The number of carbonyl (C=O) groups is 1. The van der Waals surface area contributed by atoms with Crippen molar-refractivity contribution in [2.75, 3.05) is 19.6 Å². The summed E-state index contributed by atoms with van der Waals surface area (Å²) >= 11 is 0. The Hall–Kier alpha value is -1.67. The Labute approximate surface area is 167 Å². The van der Waals surface area contributed by atoms with Crippen molar-refractivity contribution in [2.45, 2.75) is 70.1 Å². The summed E-state index contributed by atoms with van der Waals surface area (Å²) in [5, 5.41) is 6.78. The van der Waals surface area contributed by atoms with Crippen molar-refractivity contribution >= 4 is 15.9 Å². The van der Waals surface area contributed by atoms with E-state index in [-0.39, 0.29) is 16.7 Å². The zero-order valence-electron chi connectivity index (χ0n) is 16.9. The predicted molar refractivity (Wildman–Crippen MR) is 106 cm³/mol. The van der Waals surface area contributed by atoms with E-state index in [9.17, 15) is 13.2 Å². The second-order valence-electron chi connectivity index (χ2n) is 7.91. The van der Waals surface area contributed by atoms with E-state index in [2.05, 4.69) is 16.5 Å². The number of nitrogens with one attached hydrogen (secondary N) is 1. The Kier molecular flexibility index (Phi) is 6.93. The lowest BCUT2D eigenvalue weighted by molar-refractivity contribution is -0.122. The number of hydrogen-bond acceptors (Lipinski definition) is 5. The average molecular weight is 410 g/mol. The molecule has 1 aromatic heterocycles. The van der Waals surface area contributed by atoms with Crippen LogP contribution in [0.5, 0.6) is 0 Å². The van der Waals surface area contributed by atoms with Crippen LogP contribution in [-0.2, 0) is 14.8 Å². The van der Waals surface area contributed by atoms with Gasteiger partial charge in [-0.25, -0.2) is 8.42 Å². The average Bonchev–Trinajstić information content (AvgIpc) is 3.02. The van der Waals surface area contributed by atoms with Crippen LogP contribution in [0.25, 0.3) is 0 Å². The molecule has 0 bridgehead atoms. The molecule has 1 aliphatic heterocycles. The Bertz CT molecular complexity index is 801. The monoisotopic (exact) mass is 409 g/mol. The third kappa shape index (κ3) is 5.03. The van der Waals surface area contributed by atoms with Gasteiger partial charge in [0.15, 0.2) is 5.76 Å². The van der Waals surface area contributed by atoms with Crippen LogP contribution in [0.3, 0.4) is 0 Å². The molecule has 28 heavy (non-hydrogen) atoms. The molecule has 0 unspecified atom stereocenters. The summed E-state index contributed by atoms with van der Waals surface area (Å²) in [4.78, 5) is 12.4. The molecule has 7 nitrogen and oxygen atoms in total. The molecule has 1 aliphatic carbocycles. The van der Waals surface area contributed by atoms with Gasteiger partial charge in [-0.3, -0.25) is 4.79 Å². The summed E-state index contributed by atoms with van der Waals surface area (Å²) in [6.45, 7) is 4.82. The van der Waals surface area contributed by atoms with E-state index in [1.165, 1.54) is 29.1 Å². The number of rotatable bonds is 7. The quantitative estimate of drug-likeness (QED) is 0.699. The molecule has 0 aromatic carbocycles. The second kappa shape index (κ2) is 9.22. The van der Waals surface area contributed by atoms with E-state index in [0.717, 1.165) is 12.8 Å². The molecule has 0 saturated carbocycles. The normalized spacial score (nSPS) is 19.4. The first-order chi connectivity index (χ1) is 13.4. The van der Waals surface area contributed by atoms with Crippen LogP contribution in [0, 0.1) is 19.8 Å². The zero-order valence-corrected chi connectivity index (χ0v) is 17.7. The fraction of sp³-hybridized carbons (Fsp3) is 0.700. The molecule has 1 amide bonds. The van der Waals surface area contributed by atoms with E-state index in [0.29, 0.717) is 50.4 Å². The SMILES string of the molecule is Cc1noc(C)c1S(=O)(=O)N1CCC(CC(=O)NCCC2=CCCCC2)CC1. The number of carbonyl (C=O) groups excluding carboxylic acids is 1. The first-order valence-corrected chi connectivity index (χ1v) is 11.7. The number of piperidine rings is 1. The van der Waals surface area contributed by atoms with Gasteiger partial charge >= 0.3 is 0 Å². The topological polar surface area (TPSA) is 92.5 Å². The Morgan fingerprint density at radius 2 is 2.04 bits per heavy atom. The van der Waals surface area contributed by atoms with E-state index >= 15 is 0 Å². The summed E-state index contributed by atoms with van der Waals surface area (Å²) in [5.74, 6) is 0.625. The first-order valence-electron chi connectivity index (χ1n) is 10.3. The van der Waals surface area contributed by atoms with E-state index in [1.807, 2.05) is 0 Å². The lowest BCUT2D eigenvalue weighted by atomic mass is 9.94. The third-order valence-electron chi connectivity index (χ3n) is 5.77. The number of aromatic nitrogens is 1. The van der Waals surface area contributed by atoms with Crippen LogP contribution in [0.1, 0.15) is 62.8 Å². The van der Waals surface area contributed by atoms with Gasteiger partial charge in [0.05, 0.1) is 0 Å². The minimum atomic E-state index is -3.59. The van der Waals surface area contributed by atoms with Crippen molar-refractivity contribution in [3.63, 3.8) is 0 Å².